The number of benzene rings is 2. The van der Waals surface area contributed by atoms with Gasteiger partial charge in [0.15, 0.2) is 0 Å². The third kappa shape index (κ3) is 5.26. The minimum atomic E-state index is -1.40. The van der Waals surface area contributed by atoms with Crippen molar-refractivity contribution in [3.63, 3.8) is 0 Å². The Hall–Kier alpha value is -3.99. The molecule has 9 nitrogen and oxygen atoms in total. The summed E-state index contributed by atoms with van der Waals surface area (Å²) in [6.07, 6.45) is 3.42. The minimum absolute atomic E-state index is 0.0513. The van der Waals surface area contributed by atoms with Crippen molar-refractivity contribution in [3.8, 4) is 5.69 Å². The van der Waals surface area contributed by atoms with Crippen LogP contribution >= 0.6 is 11.6 Å². The van der Waals surface area contributed by atoms with E-state index in [1.165, 1.54) is 6.20 Å². The second-order valence-electron chi connectivity index (χ2n) is 10.5. The van der Waals surface area contributed by atoms with E-state index in [1.54, 1.807) is 10.8 Å². The van der Waals surface area contributed by atoms with E-state index < -0.39 is 22.8 Å². The van der Waals surface area contributed by atoms with Gasteiger partial charge in [-0.15, -0.1) is 0 Å². The molecule has 1 atom stereocenters. The van der Waals surface area contributed by atoms with E-state index >= 15 is 4.39 Å². The highest BCUT2D eigenvalue weighted by Crippen LogP contribution is 2.37. The topological polar surface area (TPSA) is 102 Å². The van der Waals surface area contributed by atoms with Gasteiger partial charge in [0.1, 0.15) is 17.2 Å². The van der Waals surface area contributed by atoms with Gasteiger partial charge in [0, 0.05) is 63.9 Å². The van der Waals surface area contributed by atoms with Gasteiger partial charge in [0.2, 0.25) is 5.43 Å². The Morgan fingerprint density at radius 3 is 2.41 bits per heavy atom. The summed E-state index contributed by atoms with van der Waals surface area (Å²) in [6, 6.07) is 14.3. The van der Waals surface area contributed by atoms with Gasteiger partial charge < -0.3 is 24.6 Å². The van der Waals surface area contributed by atoms with Crippen LogP contribution in [-0.2, 0) is 6.54 Å². The Morgan fingerprint density at radius 2 is 1.78 bits per heavy atom. The zero-order valence-corrected chi connectivity index (χ0v) is 23.0. The van der Waals surface area contributed by atoms with Crippen LogP contribution < -0.4 is 15.2 Å². The third-order valence-electron chi connectivity index (χ3n) is 7.82. The summed E-state index contributed by atoms with van der Waals surface area (Å²) < 4.78 is 17.2. The van der Waals surface area contributed by atoms with E-state index in [0.717, 1.165) is 30.4 Å². The molecule has 0 aliphatic carbocycles. The molecule has 0 unspecified atom stereocenters. The van der Waals surface area contributed by atoms with Crippen molar-refractivity contribution >= 4 is 40.0 Å². The molecule has 41 heavy (non-hydrogen) atoms. The van der Waals surface area contributed by atoms with E-state index in [9.17, 15) is 19.8 Å². The lowest BCUT2D eigenvalue weighted by atomic mass is 10.1. The fourth-order valence-electron chi connectivity index (χ4n) is 5.73. The van der Waals surface area contributed by atoms with Crippen LogP contribution in [-0.4, -0.2) is 76.0 Å². The molecular weight excluding hydrogens is 549 g/mol. The first kappa shape index (κ1) is 27.2. The van der Waals surface area contributed by atoms with Crippen LogP contribution in [0.1, 0.15) is 22.3 Å². The molecule has 2 N–H and O–H groups in total. The summed E-state index contributed by atoms with van der Waals surface area (Å²) in [5.41, 5.74) is 0.776. The second kappa shape index (κ2) is 11.1. The number of aromatic carboxylic acids is 1. The molecule has 2 saturated heterocycles. The Balaban J connectivity index is 1.38. The van der Waals surface area contributed by atoms with E-state index in [2.05, 4.69) is 14.8 Å². The molecule has 2 fully saturated rings. The fourth-order valence-corrected chi connectivity index (χ4v) is 6.13. The lowest BCUT2D eigenvalue weighted by Gasteiger charge is -2.37. The number of likely N-dealkylation sites (tertiary alicyclic amines) is 1. The molecule has 6 rings (SSSR count). The molecule has 4 heterocycles. The SMILES string of the molecule is O=C(O)c1cn(-c2ccc(CN3CC[C@H](O)C3)cc2)c2c(Cl)c(N3CCN(c4ccccn4)CC3)c(F)cc2c1=O. The number of hydrogen-bond acceptors (Lipinski definition) is 7. The lowest BCUT2D eigenvalue weighted by molar-refractivity contribution is 0.0695. The van der Waals surface area contributed by atoms with Crippen molar-refractivity contribution in [2.24, 2.45) is 0 Å². The van der Waals surface area contributed by atoms with E-state index in [0.29, 0.717) is 45.0 Å². The Bertz CT molecular complexity index is 1660. The Labute approximate surface area is 240 Å². The quantitative estimate of drug-likeness (QED) is 0.357. The number of hydrogen-bond donors (Lipinski definition) is 2. The number of piperazine rings is 1. The predicted octanol–water partition coefficient (Wildman–Crippen LogP) is 3.77. The molecule has 2 aliphatic heterocycles. The number of carboxylic acids is 1. The number of rotatable bonds is 6. The van der Waals surface area contributed by atoms with Crippen LogP contribution in [0, 0.1) is 5.82 Å². The maximum atomic E-state index is 15.6. The Kier molecular flexibility index (Phi) is 7.37. The zero-order chi connectivity index (χ0) is 28.7. The van der Waals surface area contributed by atoms with Crippen molar-refractivity contribution in [2.45, 2.75) is 19.1 Å². The maximum absolute atomic E-state index is 15.6. The number of aromatic nitrogens is 2. The van der Waals surface area contributed by atoms with Crippen LogP contribution in [0.25, 0.3) is 16.6 Å². The van der Waals surface area contributed by atoms with Gasteiger partial charge in [0.05, 0.1) is 27.7 Å². The number of aliphatic hydroxyl groups excluding tert-OH is 1. The minimum Gasteiger partial charge on any atom is -0.477 e. The van der Waals surface area contributed by atoms with Crippen molar-refractivity contribution < 1.29 is 19.4 Å². The molecule has 0 bridgehead atoms. The van der Waals surface area contributed by atoms with Crippen molar-refractivity contribution in [3.05, 3.63) is 93.1 Å². The predicted molar refractivity (Wildman–Crippen MR) is 156 cm³/mol. The first-order valence-electron chi connectivity index (χ1n) is 13.5. The number of aliphatic hydroxyl groups is 1. The summed E-state index contributed by atoms with van der Waals surface area (Å²) in [6.45, 7) is 4.27. The molecule has 212 valence electrons. The van der Waals surface area contributed by atoms with E-state index in [1.807, 2.05) is 47.4 Å². The molecule has 2 aromatic heterocycles. The van der Waals surface area contributed by atoms with Gasteiger partial charge in [-0.1, -0.05) is 29.8 Å². The smallest absolute Gasteiger partial charge is 0.341 e. The van der Waals surface area contributed by atoms with Gasteiger partial charge in [-0.05, 0) is 42.3 Å². The summed E-state index contributed by atoms with van der Waals surface area (Å²) in [4.78, 5) is 35.6. The summed E-state index contributed by atoms with van der Waals surface area (Å²) in [5, 5.41) is 19.5. The first-order valence-corrected chi connectivity index (χ1v) is 13.9. The number of β-amino-alcohol motifs (C(OH)–C–C–N with tert-alkyl or cyclic N) is 1. The number of nitrogens with zero attached hydrogens (tertiary/aromatic N) is 5. The van der Waals surface area contributed by atoms with Gasteiger partial charge in [-0.2, -0.15) is 0 Å². The number of fused-ring (bicyclic) bond motifs is 1. The molecule has 2 aromatic carbocycles. The summed E-state index contributed by atoms with van der Waals surface area (Å²) in [5.74, 6) is -1.24. The van der Waals surface area contributed by atoms with Gasteiger partial charge in [-0.3, -0.25) is 9.69 Å². The molecule has 2 aliphatic rings. The van der Waals surface area contributed by atoms with Crippen molar-refractivity contribution in [1.29, 1.82) is 0 Å². The molecule has 0 radical (unpaired) electrons. The number of carboxylic acid groups (broad SMARTS) is 1. The maximum Gasteiger partial charge on any atom is 0.341 e. The second-order valence-corrected chi connectivity index (χ2v) is 10.8. The van der Waals surface area contributed by atoms with Crippen LogP contribution in [0.3, 0.4) is 0 Å². The van der Waals surface area contributed by atoms with Crippen LogP contribution in [0.5, 0.6) is 0 Å². The molecule has 4 aromatic rings. The highest BCUT2D eigenvalue weighted by molar-refractivity contribution is 6.38. The van der Waals surface area contributed by atoms with Crippen molar-refractivity contribution in [1.82, 2.24) is 14.5 Å². The highest BCUT2D eigenvalue weighted by atomic mass is 35.5. The molecule has 0 spiro atoms. The average molecular weight is 578 g/mol. The third-order valence-corrected chi connectivity index (χ3v) is 8.18. The van der Waals surface area contributed by atoms with E-state index in [-0.39, 0.29) is 27.7 Å². The molecule has 11 heteroatoms. The van der Waals surface area contributed by atoms with Crippen LogP contribution in [0.4, 0.5) is 15.9 Å². The zero-order valence-electron chi connectivity index (χ0n) is 22.2. The van der Waals surface area contributed by atoms with Gasteiger partial charge >= 0.3 is 5.97 Å². The Morgan fingerprint density at radius 1 is 1.05 bits per heavy atom. The largest absolute Gasteiger partial charge is 0.477 e. The number of carbonyl (C=O) groups is 1. The monoisotopic (exact) mass is 577 g/mol. The number of anilines is 2. The summed E-state index contributed by atoms with van der Waals surface area (Å²) in [7, 11) is 0. The van der Waals surface area contributed by atoms with E-state index in [4.69, 9.17) is 11.6 Å². The molecule has 0 amide bonds. The standard InChI is InChI=1S/C30H29ClFN5O4/c31-26-27-22(15-24(32)28(26)36-13-11-35(12-14-36)25-3-1-2-9-33-25)29(39)23(30(40)41)18-37(27)20-6-4-19(5-7-20)16-34-10-8-21(38)17-34/h1-7,9,15,18,21,38H,8,10-14,16-17H2,(H,40,41)/t21-/m0/s1. The highest BCUT2D eigenvalue weighted by Gasteiger charge is 2.27. The van der Waals surface area contributed by atoms with Gasteiger partial charge in [-0.25, -0.2) is 14.2 Å². The fraction of sp³-hybridized carbons (Fsp3) is 0.300. The first-order chi connectivity index (χ1) is 19.8. The van der Waals surface area contributed by atoms with Crippen LogP contribution in [0.2, 0.25) is 5.02 Å². The number of halogens is 2. The summed E-state index contributed by atoms with van der Waals surface area (Å²) >= 11 is 6.91. The van der Waals surface area contributed by atoms with Crippen LogP contribution in [0.15, 0.2) is 65.7 Å². The molecular formula is C30H29ClFN5O4. The van der Waals surface area contributed by atoms with Crippen molar-refractivity contribution in [2.75, 3.05) is 49.1 Å². The lowest BCUT2D eigenvalue weighted by Crippen LogP contribution is -2.47. The normalized spacial score (nSPS) is 17.9. The average Bonchev–Trinajstić information content (AvgIpc) is 3.39. The molecule has 0 saturated carbocycles. The van der Waals surface area contributed by atoms with Gasteiger partial charge in [0.25, 0.3) is 0 Å². The number of pyridine rings is 2.